The Morgan fingerprint density at radius 3 is 2.56 bits per heavy atom. The first-order valence-electron chi connectivity index (χ1n) is 6.06. The lowest BCUT2D eigenvalue weighted by molar-refractivity contribution is 0.866. The summed E-state index contributed by atoms with van der Waals surface area (Å²) in [5.41, 5.74) is 2.63. The highest BCUT2D eigenvalue weighted by Crippen LogP contribution is 2.13. The van der Waals surface area contributed by atoms with E-state index < -0.39 is 0 Å². The lowest BCUT2D eigenvalue weighted by atomic mass is 10.1. The van der Waals surface area contributed by atoms with Crippen LogP contribution in [0.2, 0.25) is 0 Å². The van der Waals surface area contributed by atoms with Crippen molar-refractivity contribution in [3.63, 3.8) is 0 Å². The molecule has 1 aromatic carbocycles. The Bertz CT molecular complexity index is 495. The summed E-state index contributed by atoms with van der Waals surface area (Å²) in [6, 6.07) is 9.91. The van der Waals surface area contributed by atoms with Crippen molar-refractivity contribution >= 4 is 11.4 Å². The largest absolute Gasteiger partial charge is 0.252 e. The molecule has 0 fully saturated rings. The average Bonchev–Trinajstić information content (AvgIpc) is 2.38. The highest BCUT2D eigenvalue weighted by atomic mass is 14.7. The smallest absolute Gasteiger partial charge is 0.0633 e. The summed E-state index contributed by atoms with van der Waals surface area (Å²) in [6.45, 7) is 11.9. The van der Waals surface area contributed by atoms with E-state index in [4.69, 9.17) is 0 Å². The Balaban J connectivity index is 2.77. The molecule has 0 radical (unpaired) electrons. The second-order valence-corrected chi connectivity index (χ2v) is 4.27. The molecule has 92 valence electrons. The third kappa shape index (κ3) is 4.84. The molecule has 0 aromatic heterocycles. The Labute approximate surface area is 110 Å². The highest BCUT2D eigenvalue weighted by Gasteiger charge is 1.97. The van der Waals surface area contributed by atoms with Gasteiger partial charge in [0.15, 0.2) is 0 Å². The van der Waals surface area contributed by atoms with Crippen molar-refractivity contribution in [1.29, 1.82) is 0 Å². The number of allylic oxidation sites excluding steroid dienone is 1. The maximum Gasteiger partial charge on any atom is 0.0633 e. The van der Waals surface area contributed by atoms with Crippen LogP contribution in [0, 0.1) is 17.8 Å². The Hall–Kier alpha value is -2.07. The summed E-state index contributed by atoms with van der Waals surface area (Å²) in [6.07, 6.45) is 2.36. The van der Waals surface area contributed by atoms with Gasteiger partial charge >= 0.3 is 0 Å². The monoisotopic (exact) mass is 237 g/mol. The van der Waals surface area contributed by atoms with Crippen molar-refractivity contribution in [2.75, 3.05) is 0 Å². The molecule has 0 N–H and O–H groups in total. The van der Waals surface area contributed by atoms with E-state index in [9.17, 15) is 0 Å². The molecule has 1 heteroatoms. The van der Waals surface area contributed by atoms with E-state index in [2.05, 4.69) is 43.8 Å². The van der Waals surface area contributed by atoms with Gasteiger partial charge in [0.2, 0.25) is 0 Å². The van der Waals surface area contributed by atoms with Crippen LogP contribution in [0.15, 0.2) is 54.6 Å². The van der Waals surface area contributed by atoms with Crippen LogP contribution < -0.4 is 0 Å². The normalized spacial score (nSPS) is 10.7. The van der Waals surface area contributed by atoms with Crippen molar-refractivity contribution in [1.82, 2.24) is 0 Å². The van der Waals surface area contributed by atoms with Crippen molar-refractivity contribution in [3.05, 3.63) is 55.1 Å². The second kappa shape index (κ2) is 7.29. The van der Waals surface area contributed by atoms with Crippen LogP contribution in [-0.4, -0.2) is 5.71 Å². The van der Waals surface area contributed by atoms with Gasteiger partial charge in [-0.25, -0.2) is 0 Å². The molecule has 0 aliphatic rings. The zero-order valence-corrected chi connectivity index (χ0v) is 11.1. The summed E-state index contributed by atoms with van der Waals surface area (Å²) < 4.78 is 0. The van der Waals surface area contributed by atoms with Crippen LogP contribution in [0.25, 0.3) is 5.70 Å². The van der Waals surface area contributed by atoms with Gasteiger partial charge in [0.25, 0.3) is 0 Å². The summed E-state index contributed by atoms with van der Waals surface area (Å²) in [7, 11) is 0. The lowest BCUT2D eigenvalue weighted by Gasteiger charge is -2.01. The van der Waals surface area contributed by atoms with E-state index in [1.165, 1.54) is 0 Å². The number of nitrogens with zero attached hydrogens (tertiary/aromatic N) is 1. The van der Waals surface area contributed by atoms with Crippen molar-refractivity contribution in [3.8, 4) is 11.8 Å². The molecule has 18 heavy (non-hydrogen) atoms. The van der Waals surface area contributed by atoms with Gasteiger partial charge in [0.1, 0.15) is 0 Å². The summed E-state index contributed by atoms with van der Waals surface area (Å²) >= 11 is 0. The average molecular weight is 237 g/mol. The Kier molecular flexibility index (Phi) is 5.67. The van der Waals surface area contributed by atoms with E-state index in [1.54, 1.807) is 6.08 Å². The van der Waals surface area contributed by atoms with Gasteiger partial charge in [-0.05, 0) is 11.6 Å². The summed E-state index contributed by atoms with van der Waals surface area (Å²) in [4.78, 5) is 4.46. The fourth-order valence-corrected chi connectivity index (χ4v) is 1.37. The van der Waals surface area contributed by atoms with E-state index in [0.29, 0.717) is 12.3 Å². The molecule has 1 aromatic rings. The molecule has 0 amide bonds. The molecule has 0 aliphatic carbocycles. The first-order chi connectivity index (χ1) is 8.63. The standard InChI is InChI=1S/C17H19N/c1-5-17(13-9-10-14(2)3)18-15(4)16-11-7-6-8-12-16/h5-8,11-12,14H,1,4,13H2,2-3H3. The molecule has 1 nitrogen and oxygen atoms in total. The third-order valence-electron chi connectivity index (χ3n) is 2.28. The van der Waals surface area contributed by atoms with Crippen LogP contribution in [0.5, 0.6) is 0 Å². The number of rotatable bonds is 4. The number of benzene rings is 1. The van der Waals surface area contributed by atoms with Gasteiger partial charge in [-0.15, -0.1) is 5.92 Å². The van der Waals surface area contributed by atoms with E-state index in [1.807, 2.05) is 30.3 Å². The molecule has 1 rings (SSSR count). The van der Waals surface area contributed by atoms with Crippen LogP contribution >= 0.6 is 0 Å². The van der Waals surface area contributed by atoms with Crippen LogP contribution in [-0.2, 0) is 0 Å². The molecule has 0 bridgehead atoms. The van der Waals surface area contributed by atoms with Crippen molar-refractivity contribution in [2.45, 2.75) is 20.3 Å². The van der Waals surface area contributed by atoms with Crippen molar-refractivity contribution in [2.24, 2.45) is 10.9 Å². The lowest BCUT2D eigenvalue weighted by Crippen LogP contribution is -1.93. The Morgan fingerprint density at radius 2 is 2.00 bits per heavy atom. The molecular weight excluding hydrogens is 218 g/mol. The van der Waals surface area contributed by atoms with Crippen LogP contribution in [0.3, 0.4) is 0 Å². The molecule has 0 saturated carbocycles. The van der Waals surface area contributed by atoms with E-state index in [0.717, 1.165) is 17.0 Å². The minimum atomic E-state index is 0.383. The van der Waals surface area contributed by atoms with E-state index in [-0.39, 0.29) is 0 Å². The minimum Gasteiger partial charge on any atom is -0.252 e. The van der Waals surface area contributed by atoms with E-state index >= 15 is 0 Å². The predicted molar refractivity (Wildman–Crippen MR) is 80.3 cm³/mol. The molecule has 0 aliphatic heterocycles. The van der Waals surface area contributed by atoms with Crippen LogP contribution in [0.1, 0.15) is 25.8 Å². The second-order valence-electron chi connectivity index (χ2n) is 4.27. The van der Waals surface area contributed by atoms with Gasteiger partial charge < -0.3 is 0 Å². The molecule has 0 saturated heterocycles. The van der Waals surface area contributed by atoms with Gasteiger partial charge in [0.05, 0.1) is 17.8 Å². The van der Waals surface area contributed by atoms with Gasteiger partial charge in [-0.3, -0.25) is 4.99 Å². The summed E-state index contributed by atoms with van der Waals surface area (Å²) in [5.74, 6) is 6.60. The SMILES string of the molecule is C=CC(CC#CC(C)C)=NC(=C)c1ccccc1. The van der Waals surface area contributed by atoms with Crippen molar-refractivity contribution < 1.29 is 0 Å². The van der Waals surface area contributed by atoms with Gasteiger partial charge in [-0.2, -0.15) is 0 Å². The van der Waals surface area contributed by atoms with Gasteiger partial charge in [-0.1, -0.05) is 63.3 Å². The maximum absolute atomic E-state index is 4.46. The fourth-order valence-electron chi connectivity index (χ4n) is 1.37. The third-order valence-corrected chi connectivity index (χ3v) is 2.28. The number of aliphatic imine (C=N–C) groups is 1. The maximum atomic E-state index is 4.46. The summed E-state index contributed by atoms with van der Waals surface area (Å²) in [5, 5.41) is 0. The first-order valence-corrected chi connectivity index (χ1v) is 6.06. The fraction of sp³-hybridized carbons (Fsp3) is 0.235. The Morgan fingerprint density at radius 1 is 1.33 bits per heavy atom. The minimum absolute atomic E-state index is 0.383. The number of hydrogen-bond acceptors (Lipinski definition) is 1. The molecule has 0 atom stereocenters. The van der Waals surface area contributed by atoms with Crippen LogP contribution in [0.4, 0.5) is 0 Å². The first kappa shape index (κ1) is 14.0. The topological polar surface area (TPSA) is 12.4 Å². The number of hydrogen-bond donors (Lipinski definition) is 0. The van der Waals surface area contributed by atoms with Gasteiger partial charge in [0, 0.05) is 5.92 Å². The zero-order chi connectivity index (χ0) is 13.4. The molecular formula is C17H19N. The predicted octanol–water partition coefficient (Wildman–Crippen LogP) is 4.33. The molecule has 0 unspecified atom stereocenters. The zero-order valence-electron chi connectivity index (χ0n) is 11.1. The molecule has 0 spiro atoms. The quantitative estimate of drug-likeness (QED) is 0.546. The highest BCUT2D eigenvalue weighted by molar-refractivity contribution is 5.99. The molecule has 0 heterocycles.